The molecule has 3 aromatic heterocycles. The predicted octanol–water partition coefficient (Wildman–Crippen LogP) is 3.61. The van der Waals surface area contributed by atoms with Gasteiger partial charge in [-0.15, -0.1) is 11.3 Å². The van der Waals surface area contributed by atoms with Crippen molar-refractivity contribution in [2.75, 3.05) is 0 Å². The maximum atomic E-state index is 13.3. The monoisotopic (exact) mass is 369 g/mol. The highest BCUT2D eigenvalue weighted by molar-refractivity contribution is 7.19. The van der Waals surface area contributed by atoms with Crippen LogP contribution in [-0.2, 0) is 0 Å². The fourth-order valence-electron chi connectivity index (χ4n) is 3.03. The SMILES string of the molecule is Cc1nc([C@H](C)n2cnc3sc(C)c(-c4ccc(F)cc4)c3c2=O)n[nH]1. The lowest BCUT2D eigenvalue weighted by Crippen LogP contribution is -2.25. The normalized spacial score (nSPS) is 12.6. The van der Waals surface area contributed by atoms with Crippen molar-refractivity contribution in [3.8, 4) is 11.1 Å². The van der Waals surface area contributed by atoms with Gasteiger partial charge in [0.1, 0.15) is 16.5 Å². The lowest BCUT2D eigenvalue weighted by molar-refractivity contribution is 0.577. The summed E-state index contributed by atoms with van der Waals surface area (Å²) in [5.74, 6) is 0.906. The van der Waals surface area contributed by atoms with E-state index in [9.17, 15) is 9.18 Å². The van der Waals surface area contributed by atoms with Crippen molar-refractivity contribution in [2.24, 2.45) is 0 Å². The molecule has 0 spiro atoms. The summed E-state index contributed by atoms with van der Waals surface area (Å²) in [6.07, 6.45) is 1.53. The second-order valence-corrected chi connectivity index (χ2v) is 7.34. The van der Waals surface area contributed by atoms with Gasteiger partial charge in [0.25, 0.3) is 5.56 Å². The Morgan fingerprint density at radius 1 is 1.23 bits per heavy atom. The summed E-state index contributed by atoms with van der Waals surface area (Å²) in [7, 11) is 0. The summed E-state index contributed by atoms with van der Waals surface area (Å²) < 4.78 is 14.8. The number of aromatic amines is 1. The zero-order chi connectivity index (χ0) is 18.4. The number of nitrogens with one attached hydrogen (secondary N) is 1. The standard InChI is InChI=1S/C18H16FN5OS/c1-9(16-21-11(3)22-23-16)24-8-20-17-15(18(24)25)14(10(2)26-17)12-4-6-13(19)7-5-12/h4-9H,1-3H3,(H,21,22,23)/t9-/m0/s1. The molecule has 1 N–H and O–H groups in total. The van der Waals surface area contributed by atoms with E-state index in [1.54, 1.807) is 12.1 Å². The molecule has 4 aromatic rings. The van der Waals surface area contributed by atoms with Gasteiger partial charge >= 0.3 is 0 Å². The predicted molar refractivity (Wildman–Crippen MR) is 98.9 cm³/mol. The number of fused-ring (bicyclic) bond motifs is 1. The van der Waals surface area contributed by atoms with Crippen molar-refractivity contribution < 1.29 is 4.39 Å². The molecular weight excluding hydrogens is 353 g/mol. The van der Waals surface area contributed by atoms with E-state index >= 15 is 0 Å². The third-order valence-electron chi connectivity index (χ3n) is 4.35. The van der Waals surface area contributed by atoms with E-state index in [-0.39, 0.29) is 17.4 Å². The van der Waals surface area contributed by atoms with Gasteiger partial charge in [0.15, 0.2) is 5.82 Å². The van der Waals surface area contributed by atoms with Gasteiger partial charge < -0.3 is 0 Å². The van der Waals surface area contributed by atoms with Crippen LogP contribution < -0.4 is 5.56 Å². The van der Waals surface area contributed by atoms with Crippen LogP contribution in [-0.4, -0.2) is 24.7 Å². The minimum atomic E-state index is -0.356. The first-order chi connectivity index (χ1) is 12.5. The molecule has 0 fully saturated rings. The Labute approximate surface area is 152 Å². The van der Waals surface area contributed by atoms with Crippen LogP contribution in [0.2, 0.25) is 0 Å². The molecular formula is C18H16FN5OS. The zero-order valence-electron chi connectivity index (χ0n) is 14.4. The van der Waals surface area contributed by atoms with Crippen LogP contribution in [0.25, 0.3) is 21.3 Å². The average molecular weight is 369 g/mol. The Hall–Kier alpha value is -2.87. The van der Waals surface area contributed by atoms with E-state index in [1.165, 1.54) is 34.4 Å². The highest BCUT2D eigenvalue weighted by Gasteiger charge is 2.20. The molecule has 1 aromatic carbocycles. The van der Waals surface area contributed by atoms with E-state index < -0.39 is 0 Å². The zero-order valence-corrected chi connectivity index (χ0v) is 15.3. The first-order valence-corrected chi connectivity index (χ1v) is 8.92. The van der Waals surface area contributed by atoms with Gasteiger partial charge in [0, 0.05) is 10.4 Å². The number of hydrogen-bond donors (Lipinski definition) is 1. The van der Waals surface area contributed by atoms with Crippen molar-refractivity contribution in [3.05, 3.63) is 63.3 Å². The van der Waals surface area contributed by atoms with Gasteiger partial charge in [0.05, 0.1) is 17.8 Å². The molecule has 132 valence electrons. The van der Waals surface area contributed by atoms with Gasteiger partial charge in [-0.3, -0.25) is 14.5 Å². The van der Waals surface area contributed by atoms with E-state index in [2.05, 4.69) is 20.2 Å². The maximum absolute atomic E-state index is 13.3. The molecule has 0 aliphatic heterocycles. The Kier molecular flexibility index (Phi) is 3.91. The maximum Gasteiger partial charge on any atom is 0.263 e. The second kappa shape index (κ2) is 6.14. The molecule has 3 heterocycles. The fraction of sp³-hybridized carbons (Fsp3) is 0.222. The molecule has 0 amide bonds. The lowest BCUT2D eigenvalue weighted by atomic mass is 10.0. The molecule has 8 heteroatoms. The average Bonchev–Trinajstić information content (AvgIpc) is 3.19. The number of thiophene rings is 1. The lowest BCUT2D eigenvalue weighted by Gasteiger charge is -2.11. The molecule has 1 atom stereocenters. The van der Waals surface area contributed by atoms with Gasteiger partial charge in [-0.05, 0) is 38.5 Å². The Balaban J connectivity index is 1.93. The summed E-state index contributed by atoms with van der Waals surface area (Å²) in [6, 6.07) is 5.80. The number of aromatic nitrogens is 5. The quantitative estimate of drug-likeness (QED) is 0.598. The second-order valence-electron chi connectivity index (χ2n) is 6.13. The number of aryl methyl sites for hydroxylation is 2. The van der Waals surface area contributed by atoms with Crippen LogP contribution in [0.5, 0.6) is 0 Å². The smallest absolute Gasteiger partial charge is 0.263 e. The molecule has 0 unspecified atom stereocenters. The van der Waals surface area contributed by atoms with E-state index in [4.69, 9.17) is 0 Å². The first-order valence-electron chi connectivity index (χ1n) is 8.10. The topological polar surface area (TPSA) is 76.5 Å². The third kappa shape index (κ3) is 2.62. The first kappa shape index (κ1) is 16.6. The molecule has 4 rings (SSSR count). The molecule has 0 aliphatic rings. The molecule has 0 bridgehead atoms. The van der Waals surface area contributed by atoms with E-state index in [0.717, 1.165) is 16.0 Å². The van der Waals surface area contributed by atoms with Gasteiger partial charge in [-0.25, -0.2) is 14.4 Å². The van der Waals surface area contributed by atoms with Crippen LogP contribution in [0.3, 0.4) is 0 Å². The van der Waals surface area contributed by atoms with Crippen molar-refractivity contribution in [3.63, 3.8) is 0 Å². The number of nitrogens with zero attached hydrogens (tertiary/aromatic N) is 4. The van der Waals surface area contributed by atoms with E-state index in [1.807, 2.05) is 20.8 Å². The highest BCUT2D eigenvalue weighted by Crippen LogP contribution is 2.35. The van der Waals surface area contributed by atoms with Crippen LogP contribution >= 0.6 is 11.3 Å². The summed E-state index contributed by atoms with van der Waals surface area (Å²) in [6.45, 7) is 5.60. The summed E-state index contributed by atoms with van der Waals surface area (Å²) in [4.78, 5) is 23.6. The largest absolute Gasteiger partial charge is 0.288 e. The number of benzene rings is 1. The van der Waals surface area contributed by atoms with Crippen molar-refractivity contribution in [2.45, 2.75) is 26.8 Å². The Bertz CT molecular complexity index is 1160. The fourth-order valence-corrected chi connectivity index (χ4v) is 4.03. The molecule has 26 heavy (non-hydrogen) atoms. The highest BCUT2D eigenvalue weighted by atomic mass is 32.1. The number of hydrogen-bond acceptors (Lipinski definition) is 5. The minimum Gasteiger partial charge on any atom is -0.288 e. The molecule has 0 radical (unpaired) electrons. The molecule has 0 aliphatic carbocycles. The van der Waals surface area contributed by atoms with Crippen LogP contribution in [0.4, 0.5) is 4.39 Å². The minimum absolute atomic E-state index is 0.159. The van der Waals surface area contributed by atoms with Crippen LogP contribution in [0, 0.1) is 19.7 Å². The van der Waals surface area contributed by atoms with Crippen LogP contribution in [0.1, 0.15) is 29.5 Å². The van der Waals surface area contributed by atoms with Crippen molar-refractivity contribution in [1.82, 2.24) is 24.7 Å². The van der Waals surface area contributed by atoms with Gasteiger partial charge in [0.2, 0.25) is 0 Å². The Morgan fingerprint density at radius 3 is 2.62 bits per heavy atom. The number of halogens is 1. The van der Waals surface area contributed by atoms with Crippen molar-refractivity contribution in [1.29, 1.82) is 0 Å². The molecule has 0 saturated heterocycles. The Morgan fingerprint density at radius 2 is 1.96 bits per heavy atom. The number of rotatable bonds is 3. The molecule has 0 saturated carbocycles. The van der Waals surface area contributed by atoms with E-state index in [0.29, 0.717) is 21.9 Å². The van der Waals surface area contributed by atoms with Gasteiger partial charge in [-0.2, -0.15) is 5.10 Å². The summed E-state index contributed by atoms with van der Waals surface area (Å²) in [5, 5.41) is 7.48. The summed E-state index contributed by atoms with van der Waals surface area (Å²) in [5.41, 5.74) is 1.44. The third-order valence-corrected chi connectivity index (χ3v) is 5.36. The summed E-state index contributed by atoms with van der Waals surface area (Å²) >= 11 is 1.46. The van der Waals surface area contributed by atoms with Crippen LogP contribution in [0.15, 0.2) is 35.4 Å². The number of H-pyrrole nitrogens is 1. The van der Waals surface area contributed by atoms with Crippen molar-refractivity contribution >= 4 is 21.6 Å². The molecule has 6 nitrogen and oxygen atoms in total. The van der Waals surface area contributed by atoms with Gasteiger partial charge in [-0.1, -0.05) is 12.1 Å².